The molecule has 0 aliphatic rings. The normalized spacial score (nSPS) is 12.0. The number of halogens is 2. The van der Waals surface area contributed by atoms with Crippen molar-refractivity contribution in [1.82, 2.24) is 10.2 Å². The van der Waals surface area contributed by atoms with Crippen LogP contribution < -0.4 is 9.62 Å². The third-order valence-corrected chi connectivity index (χ3v) is 8.69. The average Bonchev–Trinajstić information content (AvgIpc) is 2.89. The first-order valence-electron chi connectivity index (χ1n) is 12.6. The van der Waals surface area contributed by atoms with Crippen molar-refractivity contribution in [2.45, 2.75) is 39.3 Å². The van der Waals surface area contributed by atoms with Gasteiger partial charge in [-0.15, -0.1) is 0 Å². The minimum atomic E-state index is -3.81. The number of hydrogen-bond acceptors (Lipinski definition) is 4. The fourth-order valence-corrected chi connectivity index (χ4v) is 5.68. The Bertz CT molecular complexity index is 1400. The molecule has 10 heteroatoms. The zero-order valence-corrected chi connectivity index (χ0v) is 26.2. The third kappa shape index (κ3) is 8.91. The zero-order valence-electron chi connectivity index (χ0n) is 22.2. The molecule has 3 aromatic carbocycles. The summed E-state index contributed by atoms with van der Waals surface area (Å²) in [6.45, 7) is 3.97. The monoisotopic (exact) mass is 677 g/mol. The van der Waals surface area contributed by atoms with Gasteiger partial charge in [-0.1, -0.05) is 81.2 Å². The second-order valence-corrected chi connectivity index (χ2v) is 13.0. The first kappa shape index (κ1) is 30.8. The fourth-order valence-electron chi connectivity index (χ4n) is 4.15. The SMILES string of the molecule is CCCNC(=O)[C@H](Cc1ccccc1)N(Cc1cccc(Br)c1)C(=O)CN(c1ccc(Br)c(C)c1)S(C)(=O)=O. The van der Waals surface area contributed by atoms with E-state index in [2.05, 4.69) is 37.2 Å². The fraction of sp³-hybridized carbons (Fsp3) is 0.310. The Morgan fingerprint density at radius 2 is 1.64 bits per heavy atom. The van der Waals surface area contributed by atoms with E-state index in [1.54, 1.807) is 18.2 Å². The van der Waals surface area contributed by atoms with Gasteiger partial charge in [-0.3, -0.25) is 13.9 Å². The molecule has 0 saturated heterocycles. The molecule has 39 heavy (non-hydrogen) atoms. The molecule has 0 radical (unpaired) electrons. The second-order valence-electron chi connectivity index (χ2n) is 9.35. The molecule has 208 valence electrons. The van der Waals surface area contributed by atoms with E-state index < -0.39 is 28.5 Å². The minimum Gasteiger partial charge on any atom is -0.354 e. The molecule has 1 atom stereocenters. The highest BCUT2D eigenvalue weighted by Gasteiger charge is 2.33. The van der Waals surface area contributed by atoms with Gasteiger partial charge in [0.15, 0.2) is 0 Å². The van der Waals surface area contributed by atoms with Crippen molar-refractivity contribution < 1.29 is 18.0 Å². The summed E-state index contributed by atoms with van der Waals surface area (Å²) in [5.74, 6) is -0.761. The van der Waals surface area contributed by atoms with Crippen LogP contribution >= 0.6 is 31.9 Å². The van der Waals surface area contributed by atoms with Crippen molar-refractivity contribution >= 4 is 59.4 Å². The van der Waals surface area contributed by atoms with Crippen LogP contribution in [-0.4, -0.2) is 50.5 Å². The number of nitrogens with one attached hydrogen (secondary N) is 1. The average molecular weight is 679 g/mol. The summed E-state index contributed by atoms with van der Waals surface area (Å²) in [5.41, 5.74) is 2.92. The summed E-state index contributed by atoms with van der Waals surface area (Å²) >= 11 is 6.92. The maximum atomic E-state index is 14.0. The number of carbonyl (C=O) groups is 2. The van der Waals surface area contributed by atoms with Crippen LogP contribution in [0.25, 0.3) is 0 Å². The zero-order chi connectivity index (χ0) is 28.6. The number of anilines is 1. The highest BCUT2D eigenvalue weighted by atomic mass is 79.9. The lowest BCUT2D eigenvalue weighted by Crippen LogP contribution is -2.53. The Kier molecular flexibility index (Phi) is 11.1. The van der Waals surface area contributed by atoms with Gasteiger partial charge in [0.1, 0.15) is 12.6 Å². The van der Waals surface area contributed by atoms with Gasteiger partial charge in [-0.2, -0.15) is 0 Å². The highest BCUT2D eigenvalue weighted by molar-refractivity contribution is 9.10. The van der Waals surface area contributed by atoms with Crippen LogP contribution in [0.3, 0.4) is 0 Å². The van der Waals surface area contributed by atoms with Gasteiger partial charge in [0.2, 0.25) is 21.8 Å². The van der Waals surface area contributed by atoms with E-state index in [1.807, 2.05) is 68.4 Å². The number of carbonyl (C=O) groups excluding carboxylic acids is 2. The lowest BCUT2D eigenvalue weighted by atomic mass is 10.0. The number of sulfonamides is 1. The Balaban J connectivity index is 2.05. The molecule has 7 nitrogen and oxygen atoms in total. The molecule has 0 heterocycles. The van der Waals surface area contributed by atoms with Crippen LogP contribution in [0.5, 0.6) is 0 Å². The Hall–Kier alpha value is -2.69. The molecule has 0 aliphatic heterocycles. The summed E-state index contributed by atoms with van der Waals surface area (Å²) < 4.78 is 28.5. The van der Waals surface area contributed by atoms with Gasteiger partial charge in [0.25, 0.3) is 0 Å². The number of nitrogens with zero attached hydrogens (tertiary/aromatic N) is 2. The maximum Gasteiger partial charge on any atom is 0.244 e. The predicted molar refractivity (Wildman–Crippen MR) is 163 cm³/mol. The molecule has 0 unspecified atom stereocenters. The van der Waals surface area contributed by atoms with E-state index in [0.717, 1.165) is 42.6 Å². The van der Waals surface area contributed by atoms with E-state index in [1.165, 1.54) is 4.90 Å². The topological polar surface area (TPSA) is 86.8 Å². The second kappa shape index (κ2) is 14.1. The molecule has 2 amide bonds. The molecule has 0 aromatic heterocycles. The van der Waals surface area contributed by atoms with Crippen LogP contribution in [0.4, 0.5) is 5.69 Å². The van der Waals surface area contributed by atoms with E-state index >= 15 is 0 Å². The van der Waals surface area contributed by atoms with Crippen LogP contribution in [0.15, 0.2) is 81.7 Å². The predicted octanol–water partition coefficient (Wildman–Crippen LogP) is 5.45. The number of rotatable bonds is 12. The first-order chi connectivity index (χ1) is 18.5. The van der Waals surface area contributed by atoms with Crippen molar-refractivity contribution in [3.63, 3.8) is 0 Å². The van der Waals surface area contributed by atoms with Gasteiger partial charge in [-0.05, 0) is 60.4 Å². The summed E-state index contributed by atoms with van der Waals surface area (Å²) in [7, 11) is -3.81. The van der Waals surface area contributed by atoms with Crippen LogP contribution in [0.1, 0.15) is 30.0 Å². The van der Waals surface area contributed by atoms with E-state index in [9.17, 15) is 18.0 Å². The standard InChI is InChI=1S/C29H33Br2N3O4S/c1-4-15-32-29(36)27(18-22-9-6-5-7-10-22)33(19-23-11-8-12-24(30)17-23)28(35)20-34(39(3,37)38)25-13-14-26(31)21(2)16-25/h5-14,16-17,27H,4,15,18-20H2,1-3H3,(H,32,36)/t27-/m0/s1. The Morgan fingerprint density at radius 1 is 0.949 bits per heavy atom. The summed E-state index contributed by atoms with van der Waals surface area (Å²) in [4.78, 5) is 29.0. The van der Waals surface area contributed by atoms with Gasteiger partial charge in [-0.25, -0.2) is 8.42 Å². The van der Waals surface area contributed by atoms with Gasteiger partial charge in [0.05, 0.1) is 11.9 Å². The number of amides is 2. The van der Waals surface area contributed by atoms with Crippen molar-refractivity contribution in [2.24, 2.45) is 0 Å². The molecule has 0 aliphatic carbocycles. The van der Waals surface area contributed by atoms with Gasteiger partial charge in [0, 0.05) is 28.5 Å². The molecule has 3 aromatic rings. The minimum absolute atomic E-state index is 0.131. The number of hydrogen-bond donors (Lipinski definition) is 1. The van der Waals surface area contributed by atoms with Crippen LogP contribution in [-0.2, 0) is 32.6 Å². The third-order valence-electron chi connectivity index (χ3n) is 6.17. The summed E-state index contributed by atoms with van der Waals surface area (Å²) in [6.07, 6.45) is 2.10. The number of aryl methyl sites for hydroxylation is 1. The Labute approximate surface area is 247 Å². The molecule has 0 saturated carbocycles. The molecule has 3 rings (SSSR count). The number of benzene rings is 3. The van der Waals surface area contributed by atoms with Gasteiger partial charge >= 0.3 is 0 Å². The van der Waals surface area contributed by atoms with E-state index in [-0.39, 0.29) is 18.9 Å². The summed E-state index contributed by atoms with van der Waals surface area (Å²) in [5, 5.41) is 2.93. The van der Waals surface area contributed by atoms with Crippen molar-refractivity contribution in [1.29, 1.82) is 0 Å². The van der Waals surface area contributed by atoms with Crippen molar-refractivity contribution in [3.05, 3.63) is 98.4 Å². The van der Waals surface area contributed by atoms with E-state index in [4.69, 9.17) is 0 Å². The molecule has 0 spiro atoms. The Morgan fingerprint density at radius 3 is 2.26 bits per heavy atom. The van der Waals surface area contributed by atoms with Gasteiger partial charge < -0.3 is 10.2 Å². The smallest absolute Gasteiger partial charge is 0.244 e. The molecular weight excluding hydrogens is 646 g/mol. The highest BCUT2D eigenvalue weighted by Crippen LogP contribution is 2.25. The molecular formula is C29H33Br2N3O4S. The van der Waals surface area contributed by atoms with Crippen LogP contribution in [0, 0.1) is 6.92 Å². The largest absolute Gasteiger partial charge is 0.354 e. The van der Waals surface area contributed by atoms with E-state index in [0.29, 0.717) is 12.2 Å². The molecule has 0 bridgehead atoms. The first-order valence-corrected chi connectivity index (χ1v) is 16.0. The van der Waals surface area contributed by atoms with Crippen molar-refractivity contribution in [2.75, 3.05) is 23.7 Å². The summed E-state index contributed by atoms with van der Waals surface area (Å²) in [6, 6.07) is 21.3. The van der Waals surface area contributed by atoms with Crippen LogP contribution in [0.2, 0.25) is 0 Å². The lowest BCUT2D eigenvalue weighted by molar-refractivity contribution is -0.140. The molecule has 1 N–H and O–H groups in total. The quantitative estimate of drug-likeness (QED) is 0.276. The molecule has 0 fully saturated rings. The lowest BCUT2D eigenvalue weighted by Gasteiger charge is -2.33. The maximum absolute atomic E-state index is 14.0. The van der Waals surface area contributed by atoms with Crippen molar-refractivity contribution in [3.8, 4) is 0 Å².